The van der Waals surface area contributed by atoms with Crippen LogP contribution in [0, 0.1) is 0 Å². The molecular formula is C18H22N2O4S. The van der Waals surface area contributed by atoms with E-state index >= 15 is 0 Å². The third kappa shape index (κ3) is 4.10. The van der Waals surface area contributed by atoms with Crippen LogP contribution in [0.25, 0.3) is 0 Å². The van der Waals surface area contributed by atoms with E-state index in [2.05, 4.69) is 10.3 Å². The van der Waals surface area contributed by atoms with Crippen molar-refractivity contribution >= 4 is 15.7 Å². The number of amides is 1. The molecular weight excluding hydrogens is 340 g/mol. The van der Waals surface area contributed by atoms with Crippen molar-refractivity contribution < 1.29 is 17.6 Å². The highest BCUT2D eigenvalue weighted by atomic mass is 32.2. The van der Waals surface area contributed by atoms with Crippen LogP contribution in [0.15, 0.2) is 39.8 Å². The molecule has 1 amide bonds. The number of oxazole rings is 1. The molecule has 0 saturated heterocycles. The zero-order chi connectivity index (χ0) is 18.0. The second kappa shape index (κ2) is 7.00. The van der Waals surface area contributed by atoms with Gasteiger partial charge in [-0.05, 0) is 37.5 Å². The van der Waals surface area contributed by atoms with Gasteiger partial charge in [-0.25, -0.2) is 13.4 Å². The van der Waals surface area contributed by atoms with Gasteiger partial charge in [0.2, 0.25) is 0 Å². The molecule has 1 N–H and O–H groups in total. The fraction of sp³-hybridized carbons (Fsp3) is 0.444. The van der Waals surface area contributed by atoms with Gasteiger partial charge in [0.25, 0.3) is 5.91 Å². The van der Waals surface area contributed by atoms with Crippen molar-refractivity contribution in [2.45, 2.75) is 49.5 Å². The Hall–Kier alpha value is -2.15. The van der Waals surface area contributed by atoms with E-state index in [0.717, 1.165) is 18.4 Å². The molecule has 0 radical (unpaired) electrons. The summed E-state index contributed by atoms with van der Waals surface area (Å²) < 4.78 is 28.5. The highest BCUT2D eigenvalue weighted by Crippen LogP contribution is 2.33. The van der Waals surface area contributed by atoms with Gasteiger partial charge in [0, 0.05) is 12.2 Å². The molecule has 1 aromatic heterocycles. The van der Waals surface area contributed by atoms with E-state index in [1.165, 1.54) is 25.4 Å². The average Bonchev–Trinajstić information content (AvgIpc) is 3.25. The maximum absolute atomic E-state index is 12.4. The first-order chi connectivity index (χ1) is 11.8. The minimum Gasteiger partial charge on any atom is -0.448 e. The molecule has 1 fully saturated rings. The number of nitrogens with one attached hydrogen (secondary N) is 1. The summed E-state index contributed by atoms with van der Waals surface area (Å²) in [6, 6.07) is 6.22. The Kier molecular flexibility index (Phi) is 4.94. The lowest BCUT2D eigenvalue weighted by molar-refractivity contribution is 0.0934. The molecule has 1 unspecified atom stereocenters. The van der Waals surface area contributed by atoms with Crippen LogP contribution in [0.3, 0.4) is 0 Å². The fourth-order valence-electron chi connectivity index (χ4n) is 3.11. The van der Waals surface area contributed by atoms with E-state index in [0.29, 0.717) is 11.8 Å². The van der Waals surface area contributed by atoms with Crippen LogP contribution < -0.4 is 5.32 Å². The van der Waals surface area contributed by atoms with Gasteiger partial charge in [0.15, 0.2) is 21.4 Å². The first kappa shape index (κ1) is 17.7. The van der Waals surface area contributed by atoms with Crippen molar-refractivity contribution in [1.29, 1.82) is 0 Å². The zero-order valence-electron chi connectivity index (χ0n) is 14.4. The lowest BCUT2D eigenvalue weighted by Gasteiger charge is -2.13. The SMILES string of the molecule is CC(NC(=O)c1coc(C2CCCC2)n1)c1ccc(S(C)(=O)=O)cc1. The van der Waals surface area contributed by atoms with Gasteiger partial charge in [-0.3, -0.25) is 4.79 Å². The molecule has 1 aromatic carbocycles. The van der Waals surface area contributed by atoms with E-state index in [4.69, 9.17) is 4.42 Å². The second-order valence-corrected chi connectivity index (χ2v) is 8.60. The normalized spacial score (nSPS) is 16.7. The number of sulfone groups is 1. The standard InChI is InChI=1S/C18H22N2O4S/c1-12(13-7-9-15(10-8-13)25(2,22)23)19-17(21)16-11-24-18(20-16)14-5-3-4-6-14/h7-12,14H,3-6H2,1-2H3,(H,19,21). The van der Waals surface area contributed by atoms with Crippen LogP contribution >= 0.6 is 0 Å². The summed E-state index contributed by atoms with van der Waals surface area (Å²) in [5.74, 6) is 0.669. The third-order valence-corrected chi connectivity index (χ3v) is 5.74. The van der Waals surface area contributed by atoms with Crippen LogP contribution in [0.5, 0.6) is 0 Å². The first-order valence-electron chi connectivity index (χ1n) is 8.41. The Morgan fingerprint density at radius 1 is 1.24 bits per heavy atom. The average molecular weight is 362 g/mol. The zero-order valence-corrected chi connectivity index (χ0v) is 15.2. The van der Waals surface area contributed by atoms with Gasteiger partial charge in [-0.15, -0.1) is 0 Å². The molecule has 1 aliphatic carbocycles. The summed E-state index contributed by atoms with van der Waals surface area (Å²) in [6.45, 7) is 1.84. The number of aromatic nitrogens is 1. The van der Waals surface area contributed by atoms with Crippen LogP contribution in [0.2, 0.25) is 0 Å². The summed E-state index contributed by atoms with van der Waals surface area (Å²) in [6.07, 6.45) is 7.04. The molecule has 0 aliphatic heterocycles. The topological polar surface area (TPSA) is 89.3 Å². The molecule has 6 nitrogen and oxygen atoms in total. The maximum atomic E-state index is 12.4. The van der Waals surface area contributed by atoms with Crippen molar-refractivity contribution in [3.63, 3.8) is 0 Å². The molecule has 1 heterocycles. The van der Waals surface area contributed by atoms with Crippen LogP contribution in [-0.2, 0) is 9.84 Å². The van der Waals surface area contributed by atoms with E-state index in [-0.39, 0.29) is 22.5 Å². The summed E-state index contributed by atoms with van der Waals surface area (Å²) >= 11 is 0. The molecule has 0 bridgehead atoms. The Labute approximate surface area is 147 Å². The van der Waals surface area contributed by atoms with Gasteiger partial charge >= 0.3 is 0 Å². The van der Waals surface area contributed by atoms with Gasteiger partial charge in [-0.2, -0.15) is 0 Å². The summed E-state index contributed by atoms with van der Waals surface area (Å²) in [4.78, 5) is 16.9. The number of nitrogens with zero attached hydrogens (tertiary/aromatic N) is 1. The quantitative estimate of drug-likeness (QED) is 0.882. The van der Waals surface area contributed by atoms with Crippen molar-refractivity contribution in [2.75, 3.05) is 6.26 Å². The molecule has 1 aliphatic rings. The largest absolute Gasteiger partial charge is 0.448 e. The van der Waals surface area contributed by atoms with Gasteiger partial charge in [0.05, 0.1) is 10.9 Å². The minimum absolute atomic E-state index is 0.257. The third-order valence-electron chi connectivity index (χ3n) is 4.61. The predicted molar refractivity (Wildman–Crippen MR) is 93.1 cm³/mol. The smallest absolute Gasteiger partial charge is 0.273 e. The monoisotopic (exact) mass is 362 g/mol. The van der Waals surface area contributed by atoms with Crippen molar-refractivity contribution in [3.05, 3.63) is 47.7 Å². The highest BCUT2D eigenvalue weighted by Gasteiger charge is 2.24. The lowest BCUT2D eigenvalue weighted by Crippen LogP contribution is -2.27. The van der Waals surface area contributed by atoms with Gasteiger partial charge in [-0.1, -0.05) is 25.0 Å². The molecule has 2 aromatic rings. The Bertz CT molecular complexity index is 849. The van der Waals surface area contributed by atoms with Crippen LogP contribution in [0.4, 0.5) is 0 Å². The fourth-order valence-corrected chi connectivity index (χ4v) is 3.74. The first-order valence-corrected chi connectivity index (χ1v) is 10.3. The maximum Gasteiger partial charge on any atom is 0.273 e. The Morgan fingerprint density at radius 2 is 1.88 bits per heavy atom. The number of carbonyl (C=O) groups is 1. The van der Waals surface area contributed by atoms with Gasteiger partial charge in [0.1, 0.15) is 6.26 Å². The van der Waals surface area contributed by atoms with Crippen molar-refractivity contribution in [3.8, 4) is 0 Å². The summed E-state index contributed by atoms with van der Waals surface area (Å²) in [7, 11) is -3.23. The Morgan fingerprint density at radius 3 is 2.48 bits per heavy atom. The highest BCUT2D eigenvalue weighted by molar-refractivity contribution is 7.90. The molecule has 7 heteroatoms. The molecule has 3 rings (SSSR count). The van der Waals surface area contributed by atoms with E-state index < -0.39 is 9.84 Å². The molecule has 134 valence electrons. The number of benzene rings is 1. The van der Waals surface area contributed by atoms with Crippen molar-refractivity contribution in [2.24, 2.45) is 0 Å². The summed E-state index contributed by atoms with van der Waals surface area (Å²) in [5.41, 5.74) is 1.10. The molecule has 1 atom stereocenters. The van der Waals surface area contributed by atoms with E-state index in [9.17, 15) is 13.2 Å². The minimum atomic E-state index is -3.23. The number of rotatable bonds is 5. The van der Waals surface area contributed by atoms with Crippen LogP contribution in [-0.4, -0.2) is 25.6 Å². The van der Waals surface area contributed by atoms with Gasteiger partial charge < -0.3 is 9.73 Å². The summed E-state index contributed by atoms with van der Waals surface area (Å²) in [5, 5.41) is 2.86. The van der Waals surface area contributed by atoms with E-state index in [1.807, 2.05) is 6.92 Å². The predicted octanol–water partition coefficient (Wildman–Crippen LogP) is 3.23. The number of carbonyl (C=O) groups excluding carboxylic acids is 1. The van der Waals surface area contributed by atoms with Crippen LogP contribution in [0.1, 0.15) is 66.5 Å². The second-order valence-electron chi connectivity index (χ2n) is 6.59. The Balaban J connectivity index is 1.66. The number of hydrogen-bond acceptors (Lipinski definition) is 5. The van der Waals surface area contributed by atoms with E-state index in [1.54, 1.807) is 24.3 Å². The number of hydrogen-bond donors (Lipinski definition) is 1. The molecule has 1 saturated carbocycles. The molecule has 0 spiro atoms. The lowest BCUT2D eigenvalue weighted by atomic mass is 10.1. The van der Waals surface area contributed by atoms with Crippen molar-refractivity contribution in [1.82, 2.24) is 10.3 Å². The molecule has 25 heavy (non-hydrogen) atoms.